The third-order valence-corrected chi connectivity index (χ3v) is 11.9. The SMILES string of the molecule is COC(=O)[C@@H](Cc1ccc2c(cnn2S(=O)(=O)CC[Si](C)(C)C)c1)NC(=O)N1CCC(N2Cc3ccccc3NC2=O)CC1. The quantitative estimate of drug-likeness (QED) is 0.267. The van der Waals surface area contributed by atoms with Gasteiger partial charge in [-0.3, -0.25) is 0 Å². The number of nitrogens with zero attached hydrogens (tertiary/aromatic N) is 4. The molecular formula is C30H40N6O6SSi. The van der Waals surface area contributed by atoms with Crippen molar-refractivity contribution in [2.24, 2.45) is 0 Å². The summed E-state index contributed by atoms with van der Waals surface area (Å²) in [6, 6.07) is 12.1. The van der Waals surface area contributed by atoms with Crippen LogP contribution < -0.4 is 10.6 Å². The van der Waals surface area contributed by atoms with Crippen molar-refractivity contribution in [1.29, 1.82) is 0 Å². The summed E-state index contributed by atoms with van der Waals surface area (Å²) in [5.74, 6) is -0.546. The maximum Gasteiger partial charge on any atom is 0.328 e. The van der Waals surface area contributed by atoms with E-state index in [1.807, 2.05) is 29.2 Å². The Labute approximate surface area is 258 Å². The zero-order valence-corrected chi connectivity index (χ0v) is 27.4. The molecule has 1 atom stereocenters. The second-order valence-corrected chi connectivity index (χ2v) is 20.2. The number of hydrogen-bond donors (Lipinski definition) is 2. The van der Waals surface area contributed by atoms with Crippen molar-refractivity contribution in [2.45, 2.75) is 63.6 Å². The first-order valence-corrected chi connectivity index (χ1v) is 20.1. The number of aromatic nitrogens is 2. The fourth-order valence-corrected chi connectivity index (χ4v) is 9.95. The van der Waals surface area contributed by atoms with Crippen LogP contribution in [0.25, 0.3) is 10.9 Å². The van der Waals surface area contributed by atoms with Gasteiger partial charge in [0.25, 0.3) is 10.0 Å². The van der Waals surface area contributed by atoms with Crippen molar-refractivity contribution in [1.82, 2.24) is 24.3 Å². The Morgan fingerprint density at radius 1 is 1.14 bits per heavy atom. The third-order valence-electron chi connectivity index (χ3n) is 8.25. The molecule has 3 heterocycles. The predicted octanol–water partition coefficient (Wildman–Crippen LogP) is 3.86. The van der Waals surface area contributed by atoms with Gasteiger partial charge in [0.2, 0.25) is 0 Å². The predicted molar refractivity (Wildman–Crippen MR) is 171 cm³/mol. The molecule has 12 nitrogen and oxygen atoms in total. The van der Waals surface area contributed by atoms with Gasteiger partial charge in [-0.15, -0.1) is 0 Å². The van der Waals surface area contributed by atoms with Crippen molar-refractivity contribution >= 4 is 52.7 Å². The number of amides is 4. The Hall–Kier alpha value is -3.91. The molecule has 3 aromatic rings. The molecule has 2 N–H and O–H groups in total. The number of para-hydroxylation sites is 1. The van der Waals surface area contributed by atoms with E-state index in [-0.39, 0.29) is 30.3 Å². The standard InChI is InChI=1S/C30H40N6O6SSi/c1-42-28(37)26(18-21-9-10-27-23(17-21)19-31-36(27)43(40,41)15-16-44(2,3)4)33-29(38)34-13-11-24(12-14-34)35-20-22-7-5-6-8-25(22)32-30(35)39/h5-10,17,19,24,26H,11-16,18,20H2,1-4H3,(H,32,39)(H,33,38)/t26-/m1/s1. The molecule has 2 aliphatic heterocycles. The summed E-state index contributed by atoms with van der Waals surface area (Å²) in [7, 11) is -3.90. The van der Waals surface area contributed by atoms with Crippen molar-refractivity contribution in [3.8, 4) is 0 Å². The normalized spacial score (nSPS) is 16.8. The van der Waals surface area contributed by atoms with Gasteiger partial charge in [-0.25, -0.2) is 22.8 Å². The number of fused-ring (bicyclic) bond motifs is 2. The number of likely N-dealkylation sites (tertiary alicyclic amines) is 1. The molecule has 2 aliphatic rings. The largest absolute Gasteiger partial charge is 0.467 e. The highest BCUT2D eigenvalue weighted by molar-refractivity contribution is 7.90. The fraction of sp³-hybridized carbons (Fsp3) is 0.467. The van der Waals surface area contributed by atoms with Gasteiger partial charge in [0, 0.05) is 51.2 Å². The second kappa shape index (κ2) is 12.6. The average Bonchev–Trinajstić information content (AvgIpc) is 3.43. The Bertz CT molecular complexity index is 1660. The topological polar surface area (TPSA) is 143 Å². The Morgan fingerprint density at radius 2 is 1.86 bits per heavy atom. The van der Waals surface area contributed by atoms with Gasteiger partial charge in [0.1, 0.15) is 6.04 Å². The Balaban J connectivity index is 1.21. The van der Waals surface area contributed by atoms with Crippen LogP contribution in [0.3, 0.4) is 0 Å². The van der Waals surface area contributed by atoms with Crippen molar-refractivity contribution < 1.29 is 27.5 Å². The van der Waals surface area contributed by atoms with E-state index in [4.69, 9.17) is 4.74 Å². The molecule has 236 valence electrons. The van der Waals surface area contributed by atoms with E-state index in [0.29, 0.717) is 49.4 Å². The molecule has 1 fully saturated rings. The van der Waals surface area contributed by atoms with Crippen LogP contribution >= 0.6 is 0 Å². The monoisotopic (exact) mass is 640 g/mol. The number of esters is 1. The molecule has 0 radical (unpaired) electrons. The zero-order chi connectivity index (χ0) is 31.6. The van der Waals surface area contributed by atoms with Crippen LogP contribution in [0.1, 0.15) is 24.0 Å². The van der Waals surface area contributed by atoms with Gasteiger partial charge in [0.05, 0.1) is 24.6 Å². The summed E-state index contributed by atoms with van der Waals surface area (Å²) in [5, 5.41) is 10.5. The van der Waals surface area contributed by atoms with E-state index in [0.717, 1.165) is 20.9 Å². The number of benzene rings is 2. The summed E-state index contributed by atoms with van der Waals surface area (Å²) >= 11 is 0. The molecular weight excluding hydrogens is 601 g/mol. The van der Waals surface area contributed by atoms with Gasteiger partial charge < -0.3 is 25.2 Å². The van der Waals surface area contributed by atoms with Crippen LogP contribution in [-0.2, 0) is 32.5 Å². The molecule has 14 heteroatoms. The molecule has 0 bridgehead atoms. The van der Waals surface area contributed by atoms with Crippen LogP contribution in [0.5, 0.6) is 0 Å². The first-order valence-electron chi connectivity index (χ1n) is 14.8. The number of rotatable bonds is 9. The van der Waals surface area contributed by atoms with E-state index in [1.54, 1.807) is 23.1 Å². The van der Waals surface area contributed by atoms with Gasteiger partial charge in [-0.05, 0) is 48.2 Å². The van der Waals surface area contributed by atoms with Crippen molar-refractivity contribution in [3.63, 3.8) is 0 Å². The van der Waals surface area contributed by atoms with E-state index in [1.165, 1.54) is 13.3 Å². The number of methoxy groups -OCH3 is 1. The van der Waals surface area contributed by atoms with Crippen molar-refractivity contribution in [3.05, 3.63) is 59.8 Å². The summed E-state index contributed by atoms with van der Waals surface area (Å²) in [6.45, 7) is 7.78. The van der Waals surface area contributed by atoms with E-state index >= 15 is 0 Å². The number of carbonyl (C=O) groups excluding carboxylic acids is 3. The smallest absolute Gasteiger partial charge is 0.328 e. The van der Waals surface area contributed by atoms with Crippen LogP contribution in [0.4, 0.5) is 15.3 Å². The highest BCUT2D eigenvalue weighted by Gasteiger charge is 2.34. The maximum atomic E-state index is 13.2. The Kier molecular flexibility index (Phi) is 9.02. The first-order chi connectivity index (χ1) is 20.8. The van der Waals surface area contributed by atoms with Crippen LogP contribution in [0.2, 0.25) is 25.7 Å². The highest BCUT2D eigenvalue weighted by atomic mass is 32.2. The molecule has 44 heavy (non-hydrogen) atoms. The van der Waals surface area contributed by atoms with E-state index in [2.05, 4.69) is 35.4 Å². The zero-order valence-electron chi connectivity index (χ0n) is 25.6. The molecule has 1 saturated heterocycles. The lowest BCUT2D eigenvalue weighted by atomic mass is 10.0. The van der Waals surface area contributed by atoms with Gasteiger partial charge in [-0.2, -0.15) is 9.19 Å². The van der Waals surface area contributed by atoms with Gasteiger partial charge >= 0.3 is 18.0 Å². The summed E-state index contributed by atoms with van der Waals surface area (Å²) in [5.41, 5.74) is 3.08. The van der Waals surface area contributed by atoms with Gasteiger partial charge in [-0.1, -0.05) is 43.9 Å². The molecule has 0 unspecified atom stereocenters. The minimum absolute atomic E-state index is 0.00388. The molecule has 2 aromatic carbocycles. The fourth-order valence-electron chi connectivity index (χ4n) is 5.64. The number of ether oxygens (including phenoxy) is 1. The Morgan fingerprint density at radius 3 is 2.57 bits per heavy atom. The minimum Gasteiger partial charge on any atom is -0.467 e. The number of carbonyl (C=O) groups is 3. The van der Waals surface area contributed by atoms with E-state index < -0.39 is 30.1 Å². The maximum absolute atomic E-state index is 13.2. The van der Waals surface area contributed by atoms with Gasteiger partial charge in [0.15, 0.2) is 0 Å². The van der Waals surface area contributed by atoms with Crippen LogP contribution in [-0.4, -0.2) is 91.5 Å². The second-order valence-electron chi connectivity index (χ2n) is 12.7. The summed E-state index contributed by atoms with van der Waals surface area (Å²) in [4.78, 5) is 42.1. The molecule has 4 amide bonds. The number of nitrogens with one attached hydrogen (secondary N) is 2. The number of anilines is 1. The molecule has 1 aromatic heterocycles. The van der Waals surface area contributed by atoms with E-state index in [9.17, 15) is 22.8 Å². The lowest BCUT2D eigenvalue weighted by Crippen LogP contribution is -2.54. The average molecular weight is 641 g/mol. The van der Waals surface area contributed by atoms with Crippen molar-refractivity contribution in [2.75, 3.05) is 31.3 Å². The number of piperidine rings is 1. The minimum atomic E-state index is -3.61. The number of urea groups is 2. The van der Waals surface area contributed by atoms with Crippen LogP contribution in [0, 0.1) is 0 Å². The molecule has 5 rings (SSSR count). The third kappa shape index (κ3) is 7.07. The first kappa shape index (κ1) is 31.5. The highest BCUT2D eigenvalue weighted by Crippen LogP contribution is 2.28. The summed E-state index contributed by atoms with van der Waals surface area (Å²) < 4.78 is 32.0. The number of hydrogen-bond acceptors (Lipinski definition) is 7. The molecule has 0 saturated carbocycles. The van der Waals surface area contributed by atoms with Crippen LogP contribution in [0.15, 0.2) is 48.7 Å². The molecule has 0 aliphatic carbocycles. The lowest BCUT2D eigenvalue weighted by Gasteiger charge is -2.40. The lowest BCUT2D eigenvalue weighted by molar-refractivity contribution is -0.142. The summed E-state index contributed by atoms with van der Waals surface area (Å²) in [6.07, 6.45) is 2.90. The molecule has 0 spiro atoms.